The number of piperazine rings is 1. The summed E-state index contributed by atoms with van der Waals surface area (Å²) in [4.78, 5) is 2.16. The summed E-state index contributed by atoms with van der Waals surface area (Å²) in [6, 6.07) is 4.40. The molecule has 1 heterocycles. The Kier molecular flexibility index (Phi) is 5.50. The van der Waals surface area contributed by atoms with E-state index in [-0.39, 0.29) is 24.0 Å². The maximum absolute atomic E-state index is 13.5. The number of hydrogen-bond donors (Lipinski definition) is 1. The van der Waals surface area contributed by atoms with Crippen LogP contribution in [0, 0.1) is 11.6 Å². The molecule has 1 aliphatic rings. The van der Waals surface area contributed by atoms with Gasteiger partial charge in [0, 0.05) is 37.3 Å². The summed E-state index contributed by atoms with van der Waals surface area (Å²) < 4.78 is 26.6. The van der Waals surface area contributed by atoms with Gasteiger partial charge in [0.25, 0.3) is 0 Å². The van der Waals surface area contributed by atoms with Crippen LogP contribution in [-0.4, -0.2) is 30.1 Å². The third-order valence-corrected chi connectivity index (χ3v) is 3.03. The van der Waals surface area contributed by atoms with Crippen LogP contribution >= 0.6 is 12.4 Å². The summed E-state index contributed by atoms with van der Waals surface area (Å²) >= 11 is 0. The Morgan fingerprint density at radius 3 is 2.44 bits per heavy atom. The van der Waals surface area contributed by atoms with Crippen molar-refractivity contribution < 1.29 is 8.78 Å². The largest absolute Gasteiger partial charge is 0.309 e. The molecule has 1 aromatic carbocycles. The van der Waals surface area contributed by atoms with E-state index in [1.807, 2.05) is 0 Å². The van der Waals surface area contributed by atoms with Crippen LogP contribution in [0.4, 0.5) is 8.78 Å². The minimum absolute atomic E-state index is 0. The van der Waals surface area contributed by atoms with Crippen molar-refractivity contribution in [1.29, 1.82) is 0 Å². The summed E-state index contributed by atoms with van der Waals surface area (Å²) in [6.07, 6.45) is 0. The normalized spacial score (nSPS) is 24.7. The number of halogens is 3. The third-order valence-electron chi connectivity index (χ3n) is 3.03. The van der Waals surface area contributed by atoms with Gasteiger partial charge in [-0.25, -0.2) is 8.78 Å². The molecule has 0 bridgehead atoms. The molecule has 0 amide bonds. The van der Waals surface area contributed by atoms with Crippen LogP contribution in [-0.2, 0) is 6.54 Å². The average Bonchev–Trinajstić information content (AvgIpc) is 2.22. The Balaban J connectivity index is 0.00000162. The highest BCUT2D eigenvalue weighted by atomic mass is 35.5. The van der Waals surface area contributed by atoms with Crippen LogP contribution in [0.5, 0.6) is 0 Å². The SMILES string of the molecule is CC1CN(Cc2cc(F)ccc2F)CC(C)N1.Cl. The van der Waals surface area contributed by atoms with Gasteiger partial charge < -0.3 is 5.32 Å². The first-order valence-electron chi connectivity index (χ1n) is 5.97. The highest BCUT2D eigenvalue weighted by Crippen LogP contribution is 2.14. The fourth-order valence-electron chi connectivity index (χ4n) is 2.47. The molecule has 2 unspecified atom stereocenters. The van der Waals surface area contributed by atoms with E-state index < -0.39 is 0 Å². The maximum Gasteiger partial charge on any atom is 0.127 e. The highest BCUT2D eigenvalue weighted by Gasteiger charge is 2.21. The minimum Gasteiger partial charge on any atom is -0.309 e. The highest BCUT2D eigenvalue weighted by molar-refractivity contribution is 5.85. The molecule has 0 saturated carbocycles. The van der Waals surface area contributed by atoms with Gasteiger partial charge in [-0.05, 0) is 32.0 Å². The van der Waals surface area contributed by atoms with Gasteiger partial charge in [-0.15, -0.1) is 12.4 Å². The average molecular weight is 277 g/mol. The smallest absolute Gasteiger partial charge is 0.127 e. The summed E-state index contributed by atoms with van der Waals surface area (Å²) in [5, 5.41) is 3.41. The summed E-state index contributed by atoms with van der Waals surface area (Å²) in [7, 11) is 0. The molecule has 5 heteroatoms. The molecule has 2 rings (SSSR count). The van der Waals surface area contributed by atoms with E-state index in [1.54, 1.807) is 0 Å². The maximum atomic E-state index is 13.5. The number of benzene rings is 1. The van der Waals surface area contributed by atoms with E-state index in [0.29, 0.717) is 24.2 Å². The van der Waals surface area contributed by atoms with Crippen molar-refractivity contribution in [2.45, 2.75) is 32.5 Å². The Hall–Kier alpha value is -0.710. The summed E-state index contributed by atoms with van der Waals surface area (Å²) in [5.74, 6) is -0.706. The van der Waals surface area contributed by atoms with Crippen molar-refractivity contribution in [3.63, 3.8) is 0 Å². The molecule has 18 heavy (non-hydrogen) atoms. The molecule has 1 fully saturated rings. The molecule has 1 aliphatic heterocycles. The number of hydrogen-bond acceptors (Lipinski definition) is 2. The van der Waals surface area contributed by atoms with E-state index in [0.717, 1.165) is 19.2 Å². The Labute approximate surface area is 113 Å². The predicted octanol–water partition coefficient (Wildman–Crippen LogP) is 2.57. The van der Waals surface area contributed by atoms with Gasteiger partial charge in [0.15, 0.2) is 0 Å². The molecule has 0 radical (unpaired) electrons. The van der Waals surface area contributed by atoms with Crippen LogP contribution in [0.3, 0.4) is 0 Å². The molecule has 102 valence electrons. The molecule has 2 nitrogen and oxygen atoms in total. The zero-order chi connectivity index (χ0) is 12.4. The van der Waals surface area contributed by atoms with Gasteiger partial charge in [0.1, 0.15) is 11.6 Å². The first-order chi connectivity index (χ1) is 8.04. The first kappa shape index (κ1) is 15.3. The van der Waals surface area contributed by atoms with Crippen LogP contribution in [0.25, 0.3) is 0 Å². The van der Waals surface area contributed by atoms with Crippen molar-refractivity contribution in [3.8, 4) is 0 Å². The minimum atomic E-state index is -0.377. The topological polar surface area (TPSA) is 15.3 Å². The fourth-order valence-corrected chi connectivity index (χ4v) is 2.47. The summed E-state index contributed by atoms with van der Waals surface area (Å²) in [5.41, 5.74) is 0.436. The quantitative estimate of drug-likeness (QED) is 0.893. The van der Waals surface area contributed by atoms with Crippen molar-refractivity contribution in [2.75, 3.05) is 13.1 Å². The van der Waals surface area contributed by atoms with E-state index in [4.69, 9.17) is 0 Å². The Morgan fingerprint density at radius 2 is 1.83 bits per heavy atom. The van der Waals surface area contributed by atoms with E-state index >= 15 is 0 Å². The lowest BCUT2D eigenvalue weighted by atomic mass is 10.1. The molecule has 1 aromatic rings. The van der Waals surface area contributed by atoms with E-state index in [2.05, 4.69) is 24.1 Å². The van der Waals surface area contributed by atoms with Crippen molar-refractivity contribution >= 4 is 12.4 Å². The molecule has 1 saturated heterocycles. The molecule has 1 N–H and O–H groups in total. The van der Waals surface area contributed by atoms with Gasteiger partial charge in [0.05, 0.1) is 0 Å². The molecule has 2 atom stereocenters. The first-order valence-corrected chi connectivity index (χ1v) is 5.97. The second kappa shape index (κ2) is 6.45. The predicted molar refractivity (Wildman–Crippen MR) is 70.9 cm³/mol. The molecule has 0 aliphatic carbocycles. The van der Waals surface area contributed by atoms with Crippen LogP contribution in [0.1, 0.15) is 19.4 Å². The molecular formula is C13H19ClF2N2. The van der Waals surface area contributed by atoms with Crippen molar-refractivity contribution in [3.05, 3.63) is 35.4 Å². The molecule has 0 spiro atoms. The Bertz CT molecular complexity index is 391. The van der Waals surface area contributed by atoms with E-state index in [1.165, 1.54) is 12.1 Å². The van der Waals surface area contributed by atoms with Crippen LogP contribution < -0.4 is 5.32 Å². The van der Waals surface area contributed by atoms with Gasteiger partial charge in [0.2, 0.25) is 0 Å². The van der Waals surface area contributed by atoms with Crippen molar-refractivity contribution in [1.82, 2.24) is 10.2 Å². The van der Waals surface area contributed by atoms with Crippen molar-refractivity contribution in [2.24, 2.45) is 0 Å². The number of rotatable bonds is 2. The van der Waals surface area contributed by atoms with Gasteiger partial charge in [-0.2, -0.15) is 0 Å². The van der Waals surface area contributed by atoms with Gasteiger partial charge in [-0.3, -0.25) is 4.90 Å². The fraction of sp³-hybridized carbons (Fsp3) is 0.538. The number of nitrogens with zero attached hydrogens (tertiary/aromatic N) is 1. The zero-order valence-electron chi connectivity index (χ0n) is 10.6. The van der Waals surface area contributed by atoms with Crippen LogP contribution in [0.15, 0.2) is 18.2 Å². The second-order valence-corrected chi connectivity index (χ2v) is 4.90. The van der Waals surface area contributed by atoms with Gasteiger partial charge >= 0.3 is 0 Å². The second-order valence-electron chi connectivity index (χ2n) is 4.90. The lowest BCUT2D eigenvalue weighted by Gasteiger charge is -2.36. The lowest BCUT2D eigenvalue weighted by Crippen LogP contribution is -2.53. The number of nitrogens with one attached hydrogen (secondary N) is 1. The zero-order valence-corrected chi connectivity index (χ0v) is 11.4. The van der Waals surface area contributed by atoms with E-state index in [9.17, 15) is 8.78 Å². The standard InChI is InChI=1S/C13H18F2N2.ClH/c1-9-6-17(7-10(2)16-9)8-11-5-12(14)3-4-13(11)15;/h3-5,9-10,16H,6-8H2,1-2H3;1H. The lowest BCUT2D eigenvalue weighted by molar-refractivity contribution is 0.165. The van der Waals surface area contributed by atoms with Crippen LogP contribution in [0.2, 0.25) is 0 Å². The Morgan fingerprint density at radius 1 is 1.22 bits per heavy atom. The monoisotopic (exact) mass is 276 g/mol. The molecular weight excluding hydrogens is 258 g/mol. The summed E-state index contributed by atoms with van der Waals surface area (Å²) in [6.45, 7) is 6.40. The molecule has 0 aromatic heterocycles. The van der Waals surface area contributed by atoms with Gasteiger partial charge in [-0.1, -0.05) is 0 Å². The third kappa shape index (κ3) is 3.90.